The zero-order valence-electron chi connectivity index (χ0n) is 11.1. The molecule has 0 radical (unpaired) electrons. The van der Waals surface area contributed by atoms with Gasteiger partial charge < -0.3 is 14.6 Å². The van der Waals surface area contributed by atoms with E-state index in [0.717, 1.165) is 24.1 Å². The Morgan fingerprint density at radius 1 is 1.56 bits per heavy atom. The predicted molar refractivity (Wildman–Crippen MR) is 71.9 cm³/mol. The number of rotatable bonds is 8. The van der Waals surface area contributed by atoms with E-state index in [4.69, 9.17) is 14.6 Å². The van der Waals surface area contributed by atoms with Crippen LogP contribution in [0.4, 0.5) is 0 Å². The van der Waals surface area contributed by atoms with Crippen LogP contribution in [0.2, 0.25) is 0 Å². The highest BCUT2D eigenvalue weighted by atomic mass is 32.1. The summed E-state index contributed by atoms with van der Waals surface area (Å²) in [7, 11) is 1.64. The van der Waals surface area contributed by atoms with Crippen molar-refractivity contribution in [3.63, 3.8) is 0 Å². The van der Waals surface area contributed by atoms with E-state index in [-0.39, 0.29) is 6.10 Å². The zero-order chi connectivity index (χ0) is 13.5. The average Bonchev–Trinajstić information content (AvgIpc) is 2.70. The zero-order valence-corrected chi connectivity index (χ0v) is 11.9. The van der Waals surface area contributed by atoms with Crippen molar-refractivity contribution in [3.05, 3.63) is 15.8 Å². The third-order valence-electron chi connectivity index (χ3n) is 2.50. The Labute approximate surface area is 112 Å². The molecule has 4 nitrogen and oxygen atoms in total. The van der Waals surface area contributed by atoms with Crippen LogP contribution < -0.4 is 4.74 Å². The molecule has 0 fully saturated rings. The Kier molecular flexibility index (Phi) is 6.15. The maximum absolute atomic E-state index is 11.1. The molecular formula is C13H20O4S. The minimum Gasteiger partial charge on any atom is -0.489 e. The Morgan fingerprint density at radius 3 is 2.83 bits per heavy atom. The Morgan fingerprint density at radius 2 is 2.28 bits per heavy atom. The molecule has 1 heterocycles. The van der Waals surface area contributed by atoms with Crippen molar-refractivity contribution in [1.82, 2.24) is 0 Å². The molecule has 0 saturated carbocycles. The van der Waals surface area contributed by atoms with Crippen molar-refractivity contribution in [2.75, 3.05) is 13.7 Å². The molecule has 0 aliphatic heterocycles. The summed E-state index contributed by atoms with van der Waals surface area (Å²) in [5.41, 5.74) is 0. The van der Waals surface area contributed by atoms with Gasteiger partial charge in [0.15, 0.2) is 4.88 Å². The fourth-order valence-electron chi connectivity index (χ4n) is 1.59. The molecule has 0 bridgehead atoms. The third-order valence-corrected chi connectivity index (χ3v) is 3.66. The highest BCUT2D eigenvalue weighted by Crippen LogP contribution is 2.31. The summed E-state index contributed by atoms with van der Waals surface area (Å²) in [5.74, 6) is -0.434. The van der Waals surface area contributed by atoms with Crippen LogP contribution in [0.15, 0.2) is 6.07 Å². The van der Waals surface area contributed by atoms with E-state index in [0.29, 0.717) is 17.2 Å². The van der Waals surface area contributed by atoms with E-state index in [1.165, 1.54) is 11.3 Å². The van der Waals surface area contributed by atoms with Gasteiger partial charge >= 0.3 is 5.97 Å². The first-order chi connectivity index (χ1) is 8.58. The van der Waals surface area contributed by atoms with Gasteiger partial charge in [0.1, 0.15) is 5.75 Å². The van der Waals surface area contributed by atoms with Crippen molar-refractivity contribution in [3.8, 4) is 5.75 Å². The normalized spacial score (nSPS) is 12.4. The number of ether oxygens (including phenoxy) is 2. The lowest BCUT2D eigenvalue weighted by atomic mass is 10.2. The molecule has 0 aliphatic rings. The summed E-state index contributed by atoms with van der Waals surface area (Å²) in [6.07, 6.45) is 2.58. The second-order valence-corrected chi connectivity index (χ2v) is 5.31. The molecule has 0 aromatic carbocycles. The van der Waals surface area contributed by atoms with Crippen LogP contribution in [0.1, 0.15) is 41.2 Å². The van der Waals surface area contributed by atoms with Gasteiger partial charge in [0.25, 0.3) is 0 Å². The number of carbonyl (C=O) groups is 1. The number of aromatic carboxylic acids is 1. The van der Waals surface area contributed by atoms with Crippen molar-refractivity contribution < 1.29 is 19.4 Å². The van der Waals surface area contributed by atoms with Gasteiger partial charge in [-0.05, 0) is 19.4 Å². The summed E-state index contributed by atoms with van der Waals surface area (Å²) in [4.78, 5) is 12.5. The largest absolute Gasteiger partial charge is 0.489 e. The van der Waals surface area contributed by atoms with E-state index >= 15 is 0 Å². The standard InChI is InChI=1S/C13H20O4S/c1-4-5-10-8-11(12(18-10)13(14)15)17-9(2)6-7-16-3/h8-9H,4-7H2,1-3H3,(H,14,15). The molecule has 1 rings (SSSR count). The topological polar surface area (TPSA) is 55.8 Å². The van der Waals surface area contributed by atoms with E-state index in [1.54, 1.807) is 7.11 Å². The van der Waals surface area contributed by atoms with E-state index in [1.807, 2.05) is 13.0 Å². The lowest BCUT2D eigenvalue weighted by molar-refractivity contribution is 0.0694. The molecular weight excluding hydrogens is 252 g/mol. The number of carboxylic acids is 1. The number of hydrogen-bond acceptors (Lipinski definition) is 4. The SMILES string of the molecule is CCCc1cc(OC(C)CCOC)c(C(=O)O)s1. The molecule has 5 heteroatoms. The van der Waals surface area contributed by atoms with Gasteiger partial charge in [0.2, 0.25) is 0 Å². The molecule has 0 saturated heterocycles. The predicted octanol–water partition coefficient (Wildman–Crippen LogP) is 3.20. The number of carboxylic acid groups (broad SMARTS) is 1. The number of aryl methyl sites for hydroxylation is 1. The minimum atomic E-state index is -0.920. The summed E-state index contributed by atoms with van der Waals surface area (Å²) in [6, 6.07) is 1.85. The van der Waals surface area contributed by atoms with Crippen LogP contribution in [0.5, 0.6) is 5.75 Å². The quantitative estimate of drug-likeness (QED) is 0.789. The molecule has 1 aromatic rings. The summed E-state index contributed by atoms with van der Waals surface area (Å²) >= 11 is 1.30. The van der Waals surface area contributed by atoms with Gasteiger partial charge in [-0.3, -0.25) is 0 Å². The summed E-state index contributed by atoms with van der Waals surface area (Å²) in [5, 5.41) is 9.14. The lowest BCUT2D eigenvalue weighted by Gasteiger charge is -2.13. The molecule has 0 aliphatic carbocycles. The monoisotopic (exact) mass is 272 g/mol. The first-order valence-corrected chi connectivity index (χ1v) is 6.91. The van der Waals surface area contributed by atoms with E-state index in [9.17, 15) is 4.79 Å². The van der Waals surface area contributed by atoms with Crippen LogP contribution >= 0.6 is 11.3 Å². The highest BCUT2D eigenvalue weighted by molar-refractivity contribution is 7.14. The van der Waals surface area contributed by atoms with Crippen LogP contribution in [0.3, 0.4) is 0 Å². The molecule has 1 N–H and O–H groups in total. The average molecular weight is 272 g/mol. The number of hydrogen-bond donors (Lipinski definition) is 1. The molecule has 102 valence electrons. The molecule has 1 unspecified atom stereocenters. The van der Waals surface area contributed by atoms with Gasteiger partial charge in [-0.1, -0.05) is 13.3 Å². The Bertz CT molecular complexity index is 386. The van der Waals surface area contributed by atoms with Crippen LogP contribution in [0, 0.1) is 0 Å². The van der Waals surface area contributed by atoms with Crippen LogP contribution in [-0.2, 0) is 11.2 Å². The van der Waals surface area contributed by atoms with Crippen molar-refractivity contribution in [2.45, 2.75) is 39.2 Å². The molecule has 1 atom stereocenters. The second kappa shape index (κ2) is 7.38. The molecule has 0 spiro atoms. The minimum absolute atomic E-state index is 0.0490. The Balaban J connectivity index is 2.75. The third kappa shape index (κ3) is 4.31. The van der Waals surface area contributed by atoms with E-state index < -0.39 is 5.97 Å². The van der Waals surface area contributed by atoms with Gasteiger partial charge in [-0.2, -0.15) is 0 Å². The molecule has 18 heavy (non-hydrogen) atoms. The van der Waals surface area contributed by atoms with Crippen molar-refractivity contribution >= 4 is 17.3 Å². The van der Waals surface area contributed by atoms with Gasteiger partial charge in [0.05, 0.1) is 6.10 Å². The summed E-state index contributed by atoms with van der Waals surface area (Å²) in [6.45, 7) is 4.60. The maximum atomic E-state index is 11.1. The summed E-state index contributed by atoms with van der Waals surface area (Å²) < 4.78 is 10.7. The Hall–Kier alpha value is -1.07. The van der Waals surface area contributed by atoms with Crippen molar-refractivity contribution in [2.24, 2.45) is 0 Å². The van der Waals surface area contributed by atoms with Gasteiger partial charge in [-0.25, -0.2) is 4.79 Å². The molecule has 1 aromatic heterocycles. The fraction of sp³-hybridized carbons (Fsp3) is 0.615. The first-order valence-electron chi connectivity index (χ1n) is 6.10. The lowest BCUT2D eigenvalue weighted by Crippen LogP contribution is -2.15. The van der Waals surface area contributed by atoms with Gasteiger partial charge in [-0.15, -0.1) is 11.3 Å². The fourth-order valence-corrected chi connectivity index (χ4v) is 2.62. The first kappa shape index (κ1) is 15.0. The number of methoxy groups -OCH3 is 1. The van der Waals surface area contributed by atoms with Crippen LogP contribution in [-0.4, -0.2) is 30.9 Å². The van der Waals surface area contributed by atoms with E-state index in [2.05, 4.69) is 6.92 Å². The molecule has 0 amide bonds. The smallest absolute Gasteiger partial charge is 0.349 e. The maximum Gasteiger partial charge on any atom is 0.349 e. The van der Waals surface area contributed by atoms with Crippen LogP contribution in [0.25, 0.3) is 0 Å². The van der Waals surface area contributed by atoms with Gasteiger partial charge in [0, 0.05) is 25.0 Å². The second-order valence-electron chi connectivity index (χ2n) is 4.17. The van der Waals surface area contributed by atoms with Crippen molar-refractivity contribution in [1.29, 1.82) is 0 Å². The number of thiophene rings is 1. The highest BCUT2D eigenvalue weighted by Gasteiger charge is 2.18.